The molecule has 2 N–H and O–H groups in total. The zero-order valence-corrected chi connectivity index (χ0v) is 16.6. The average molecular weight is 435 g/mol. The van der Waals surface area contributed by atoms with Crippen molar-refractivity contribution in [2.75, 3.05) is 28.4 Å². The molecule has 0 radical (unpaired) electrons. The summed E-state index contributed by atoms with van der Waals surface area (Å²) < 4.78 is 16.1. The van der Waals surface area contributed by atoms with E-state index in [0.29, 0.717) is 30.0 Å². The van der Waals surface area contributed by atoms with Gasteiger partial charge in [0.15, 0.2) is 17.5 Å². The maximum atomic E-state index is 5.43. The zero-order valence-electron chi connectivity index (χ0n) is 14.3. The summed E-state index contributed by atoms with van der Waals surface area (Å²) in [5.41, 5.74) is 0.979. The highest BCUT2D eigenvalue weighted by molar-refractivity contribution is 14.0. The number of methoxy groups -OCH3 is 3. The van der Waals surface area contributed by atoms with E-state index in [-0.39, 0.29) is 24.0 Å². The van der Waals surface area contributed by atoms with Gasteiger partial charge in [0.25, 0.3) is 0 Å². The Labute approximate surface area is 155 Å². The lowest BCUT2D eigenvalue weighted by Crippen LogP contribution is -2.38. The normalized spacial score (nSPS) is 19.4. The van der Waals surface area contributed by atoms with Crippen molar-refractivity contribution >= 4 is 29.9 Å². The van der Waals surface area contributed by atoms with Crippen LogP contribution in [0.2, 0.25) is 0 Å². The van der Waals surface area contributed by atoms with Gasteiger partial charge in [-0.15, -0.1) is 24.0 Å². The van der Waals surface area contributed by atoms with Gasteiger partial charge in [-0.1, -0.05) is 6.92 Å². The van der Waals surface area contributed by atoms with Gasteiger partial charge in [0.05, 0.1) is 21.3 Å². The Kier molecular flexibility index (Phi) is 7.74. The van der Waals surface area contributed by atoms with Gasteiger partial charge in [0.1, 0.15) is 5.75 Å². The summed E-state index contributed by atoms with van der Waals surface area (Å²) in [4.78, 5) is 4.25. The highest BCUT2D eigenvalue weighted by Gasteiger charge is 2.33. The summed E-state index contributed by atoms with van der Waals surface area (Å²) in [7, 11) is 6.65. The second-order valence-electron chi connectivity index (χ2n) is 5.41. The van der Waals surface area contributed by atoms with Crippen LogP contribution in [0.5, 0.6) is 17.2 Å². The molecule has 2 atom stereocenters. The Hall–Kier alpha value is -1.38. The Bertz CT molecular complexity index is 552. The summed E-state index contributed by atoms with van der Waals surface area (Å²) in [6.07, 6.45) is 1.19. The molecule has 1 aliphatic carbocycles. The maximum absolute atomic E-state index is 5.43. The van der Waals surface area contributed by atoms with Crippen molar-refractivity contribution in [3.05, 3.63) is 17.7 Å². The molecule has 0 amide bonds. The molecule has 0 aliphatic heterocycles. The summed E-state index contributed by atoms with van der Waals surface area (Å²) in [5, 5.41) is 6.70. The molecule has 0 saturated heterocycles. The van der Waals surface area contributed by atoms with E-state index < -0.39 is 0 Å². The van der Waals surface area contributed by atoms with Gasteiger partial charge < -0.3 is 24.8 Å². The number of guanidine groups is 1. The average Bonchev–Trinajstić information content (AvgIpc) is 3.25. The minimum absolute atomic E-state index is 0. The minimum atomic E-state index is 0. The molecule has 1 fully saturated rings. The van der Waals surface area contributed by atoms with Gasteiger partial charge >= 0.3 is 0 Å². The van der Waals surface area contributed by atoms with Crippen LogP contribution in [-0.4, -0.2) is 40.4 Å². The second kappa shape index (κ2) is 9.05. The molecule has 2 unspecified atom stereocenters. The SMILES string of the molecule is CN=C(NCc1cc(OC)c(OC)cc1OC)NC1CC1C.I. The fraction of sp³-hybridized carbons (Fsp3) is 0.562. The second-order valence-corrected chi connectivity index (χ2v) is 5.41. The monoisotopic (exact) mass is 435 g/mol. The molecule has 7 heteroatoms. The van der Waals surface area contributed by atoms with Crippen LogP contribution in [0.25, 0.3) is 0 Å². The standard InChI is InChI=1S/C16H25N3O3.HI/c1-10-6-12(10)19-16(17-2)18-9-11-7-14(21-4)15(22-5)8-13(11)20-3;/h7-8,10,12H,6,9H2,1-5H3,(H2,17,18,19);1H. The van der Waals surface area contributed by atoms with E-state index in [0.717, 1.165) is 17.3 Å². The van der Waals surface area contributed by atoms with Crippen molar-refractivity contribution in [3.8, 4) is 17.2 Å². The number of hydrogen-bond acceptors (Lipinski definition) is 4. The molecular formula is C16H26IN3O3. The lowest BCUT2D eigenvalue weighted by atomic mass is 10.1. The van der Waals surface area contributed by atoms with E-state index in [1.165, 1.54) is 6.42 Å². The highest BCUT2D eigenvalue weighted by Crippen LogP contribution is 2.34. The molecule has 0 spiro atoms. The molecule has 0 bridgehead atoms. The van der Waals surface area contributed by atoms with Crippen LogP contribution in [-0.2, 0) is 6.54 Å². The molecule has 6 nitrogen and oxygen atoms in total. The molecule has 1 aromatic carbocycles. The lowest BCUT2D eigenvalue weighted by Gasteiger charge is -2.16. The van der Waals surface area contributed by atoms with Gasteiger partial charge in [0.2, 0.25) is 0 Å². The molecule has 23 heavy (non-hydrogen) atoms. The lowest BCUT2D eigenvalue weighted by molar-refractivity contribution is 0.347. The van der Waals surface area contributed by atoms with Gasteiger partial charge in [0, 0.05) is 31.3 Å². The predicted molar refractivity (Wildman–Crippen MR) is 102 cm³/mol. The topological polar surface area (TPSA) is 64.1 Å². The van der Waals surface area contributed by atoms with E-state index in [9.17, 15) is 0 Å². The first-order valence-electron chi connectivity index (χ1n) is 7.39. The number of ether oxygens (including phenoxy) is 3. The molecule has 2 rings (SSSR count). The minimum Gasteiger partial charge on any atom is -0.496 e. The maximum Gasteiger partial charge on any atom is 0.191 e. The number of halogens is 1. The smallest absolute Gasteiger partial charge is 0.191 e. The van der Waals surface area contributed by atoms with Gasteiger partial charge in [-0.2, -0.15) is 0 Å². The number of benzene rings is 1. The number of aliphatic imine (C=N–C) groups is 1. The third-order valence-corrected chi connectivity index (χ3v) is 3.89. The fourth-order valence-electron chi connectivity index (χ4n) is 2.30. The largest absolute Gasteiger partial charge is 0.496 e. The predicted octanol–water partition coefficient (Wildman–Crippen LogP) is 2.40. The van der Waals surface area contributed by atoms with Crippen molar-refractivity contribution in [1.82, 2.24) is 10.6 Å². The van der Waals surface area contributed by atoms with Crippen LogP contribution < -0.4 is 24.8 Å². The first-order valence-corrected chi connectivity index (χ1v) is 7.39. The molecule has 0 aromatic heterocycles. The highest BCUT2D eigenvalue weighted by atomic mass is 127. The van der Waals surface area contributed by atoms with Crippen molar-refractivity contribution in [2.45, 2.75) is 25.9 Å². The van der Waals surface area contributed by atoms with Gasteiger partial charge in [-0.25, -0.2) is 0 Å². The van der Waals surface area contributed by atoms with Gasteiger partial charge in [-0.3, -0.25) is 4.99 Å². The van der Waals surface area contributed by atoms with E-state index in [2.05, 4.69) is 22.5 Å². The number of nitrogens with zero attached hydrogens (tertiary/aromatic N) is 1. The Morgan fingerprint density at radius 3 is 2.17 bits per heavy atom. The number of nitrogens with one attached hydrogen (secondary N) is 2. The molecule has 1 aromatic rings. The molecule has 130 valence electrons. The van der Waals surface area contributed by atoms with Crippen molar-refractivity contribution in [1.29, 1.82) is 0 Å². The molecular weight excluding hydrogens is 409 g/mol. The van der Waals surface area contributed by atoms with E-state index in [4.69, 9.17) is 14.2 Å². The first kappa shape index (κ1) is 19.7. The zero-order chi connectivity index (χ0) is 16.1. The molecule has 1 saturated carbocycles. The van der Waals surface area contributed by atoms with Crippen LogP contribution in [0.3, 0.4) is 0 Å². The number of rotatable bonds is 6. The van der Waals surface area contributed by atoms with E-state index >= 15 is 0 Å². The Morgan fingerprint density at radius 2 is 1.70 bits per heavy atom. The van der Waals surface area contributed by atoms with Crippen LogP contribution >= 0.6 is 24.0 Å². The van der Waals surface area contributed by atoms with Crippen LogP contribution in [0, 0.1) is 5.92 Å². The quantitative estimate of drug-likeness (QED) is 0.408. The summed E-state index contributed by atoms with van der Waals surface area (Å²) in [6, 6.07) is 4.27. The third kappa shape index (κ3) is 5.05. The van der Waals surface area contributed by atoms with Crippen molar-refractivity contribution in [3.63, 3.8) is 0 Å². The van der Waals surface area contributed by atoms with Crippen LogP contribution in [0.15, 0.2) is 17.1 Å². The Balaban J connectivity index is 0.00000264. The first-order chi connectivity index (χ1) is 10.6. The van der Waals surface area contributed by atoms with E-state index in [1.807, 2.05) is 12.1 Å². The van der Waals surface area contributed by atoms with E-state index in [1.54, 1.807) is 28.4 Å². The Morgan fingerprint density at radius 1 is 1.13 bits per heavy atom. The number of hydrogen-bond donors (Lipinski definition) is 2. The van der Waals surface area contributed by atoms with Gasteiger partial charge in [-0.05, 0) is 18.4 Å². The third-order valence-electron chi connectivity index (χ3n) is 3.89. The summed E-state index contributed by atoms with van der Waals surface area (Å²) in [6.45, 7) is 2.81. The summed E-state index contributed by atoms with van der Waals surface area (Å²) >= 11 is 0. The molecule has 1 aliphatic rings. The fourth-order valence-corrected chi connectivity index (χ4v) is 2.30. The van der Waals surface area contributed by atoms with Crippen molar-refractivity contribution < 1.29 is 14.2 Å². The molecule has 0 heterocycles. The van der Waals surface area contributed by atoms with Crippen LogP contribution in [0.1, 0.15) is 18.9 Å². The van der Waals surface area contributed by atoms with Crippen molar-refractivity contribution in [2.24, 2.45) is 10.9 Å². The van der Waals surface area contributed by atoms with Crippen LogP contribution in [0.4, 0.5) is 0 Å². The summed E-state index contributed by atoms with van der Waals surface area (Å²) in [5.74, 6) is 3.59.